The number of carbonyl (C=O) groups is 1. The van der Waals surface area contributed by atoms with Gasteiger partial charge in [0.05, 0.1) is 0 Å². The molecule has 2 aromatic rings. The fraction of sp³-hybridized carbons (Fsp3) is 0.312. The lowest BCUT2D eigenvalue weighted by Gasteiger charge is -2.07. The van der Waals surface area contributed by atoms with Gasteiger partial charge >= 0.3 is 0 Å². The van der Waals surface area contributed by atoms with Gasteiger partial charge in [0.2, 0.25) is 0 Å². The zero-order chi connectivity index (χ0) is 15.8. The third-order valence-corrected chi connectivity index (χ3v) is 3.61. The number of rotatable bonds is 7. The van der Waals surface area contributed by atoms with Gasteiger partial charge in [-0.3, -0.25) is 4.79 Å². The van der Waals surface area contributed by atoms with Crippen molar-refractivity contribution in [2.75, 3.05) is 11.9 Å². The molecular weight excluding hydrogens is 344 g/mol. The highest BCUT2D eigenvalue weighted by molar-refractivity contribution is 9.10. The fourth-order valence-corrected chi connectivity index (χ4v) is 2.16. The highest BCUT2D eigenvalue weighted by atomic mass is 79.9. The molecule has 1 heterocycles. The maximum atomic E-state index is 12.0. The van der Waals surface area contributed by atoms with Crippen molar-refractivity contribution in [2.24, 2.45) is 0 Å². The molecule has 0 aliphatic rings. The lowest BCUT2D eigenvalue weighted by atomic mass is 10.2. The Morgan fingerprint density at radius 2 is 1.95 bits per heavy atom. The van der Waals surface area contributed by atoms with E-state index < -0.39 is 0 Å². The standard InChI is InChI=1S/C16H19BrN4O/c1-2-3-4-9-18-16(22)14-10-15(20-11-19-14)21-13-7-5-12(17)6-8-13/h5-8,10-11H,2-4,9H2,1H3,(H,18,22)(H,19,20,21). The largest absolute Gasteiger partial charge is 0.351 e. The maximum Gasteiger partial charge on any atom is 0.270 e. The van der Waals surface area contributed by atoms with E-state index in [1.807, 2.05) is 24.3 Å². The number of carbonyl (C=O) groups excluding carboxylic acids is 1. The normalized spacial score (nSPS) is 10.3. The summed E-state index contributed by atoms with van der Waals surface area (Å²) < 4.78 is 1.01. The van der Waals surface area contributed by atoms with Crippen molar-refractivity contribution >= 4 is 33.3 Å². The predicted molar refractivity (Wildman–Crippen MR) is 91.3 cm³/mol. The Bertz CT molecular complexity index is 616. The number of hydrogen-bond acceptors (Lipinski definition) is 4. The third-order valence-electron chi connectivity index (χ3n) is 3.08. The highest BCUT2D eigenvalue weighted by Crippen LogP contribution is 2.17. The molecule has 1 aromatic heterocycles. The molecule has 1 amide bonds. The first-order chi connectivity index (χ1) is 10.7. The monoisotopic (exact) mass is 362 g/mol. The summed E-state index contributed by atoms with van der Waals surface area (Å²) in [5, 5.41) is 6.02. The second-order valence-electron chi connectivity index (χ2n) is 4.88. The quantitative estimate of drug-likeness (QED) is 0.732. The molecule has 0 bridgehead atoms. The molecule has 0 saturated carbocycles. The summed E-state index contributed by atoms with van der Waals surface area (Å²) in [6.45, 7) is 2.80. The molecule has 116 valence electrons. The average molecular weight is 363 g/mol. The Labute approximate surface area is 138 Å². The number of nitrogens with one attached hydrogen (secondary N) is 2. The van der Waals surface area contributed by atoms with Crippen LogP contribution in [0.2, 0.25) is 0 Å². The first kappa shape index (κ1) is 16.4. The van der Waals surface area contributed by atoms with Gasteiger partial charge in [0.15, 0.2) is 0 Å². The minimum absolute atomic E-state index is 0.169. The Kier molecular flexibility index (Phi) is 6.33. The van der Waals surface area contributed by atoms with E-state index in [2.05, 4.69) is 43.5 Å². The number of anilines is 2. The Morgan fingerprint density at radius 3 is 2.68 bits per heavy atom. The number of hydrogen-bond donors (Lipinski definition) is 2. The van der Waals surface area contributed by atoms with E-state index in [4.69, 9.17) is 0 Å². The zero-order valence-corrected chi connectivity index (χ0v) is 14.1. The molecule has 0 aliphatic heterocycles. The van der Waals surface area contributed by atoms with Crippen molar-refractivity contribution in [3.05, 3.63) is 46.8 Å². The highest BCUT2D eigenvalue weighted by Gasteiger charge is 2.08. The molecule has 0 aliphatic carbocycles. The predicted octanol–water partition coefficient (Wildman–Crippen LogP) is 3.90. The van der Waals surface area contributed by atoms with Gasteiger partial charge in [0, 0.05) is 22.8 Å². The van der Waals surface area contributed by atoms with Gasteiger partial charge in [-0.2, -0.15) is 0 Å². The summed E-state index contributed by atoms with van der Waals surface area (Å²) in [5.41, 5.74) is 1.27. The van der Waals surface area contributed by atoms with E-state index in [1.165, 1.54) is 6.33 Å². The van der Waals surface area contributed by atoms with Crippen LogP contribution in [0.15, 0.2) is 41.1 Å². The number of aromatic nitrogens is 2. The van der Waals surface area contributed by atoms with Gasteiger partial charge in [-0.1, -0.05) is 35.7 Å². The van der Waals surface area contributed by atoms with E-state index in [1.54, 1.807) is 6.07 Å². The number of nitrogens with zero attached hydrogens (tertiary/aromatic N) is 2. The van der Waals surface area contributed by atoms with Crippen LogP contribution in [0.5, 0.6) is 0 Å². The third kappa shape index (κ3) is 5.11. The molecule has 2 rings (SSSR count). The van der Waals surface area contributed by atoms with Crippen molar-refractivity contribution < 1.29 is 4.79 Å². The van der Waals surface area contributed by atoms with Gasteiger partial charge in [0.1, 0.15) is 17.8 Å². The Morgan fingerprint density at radius 1 is 1.18 bits per heavy atom. The van der Waals surface area contributed by atoms with Crippen LogP contribution in [0.25, 0.3) is 0 Å². The number of amides is 1. The van der Waals surface area contributed by atoms with Gasteiger partial charge in [-0.25, -0.2) is 9.97 Å². The summed E-state index contributed by atoms with van der Waals surface area (Å²) in [4.78, 5) is 20.2. The first-order valence-corrected chi connectivity index (χ1v) is 8.11. The molecule has 6 heteroatoms. The number of benzene rings is 1. The van der Waals surface area contributed by atoms with Gasteiger partial charge in [-0.05, 0) is 30.7 Å². The van der Waals surface area contributed by atoms with Gasteiger partial charge in [-0.15, -0.1) is 0 Å². The lowest BCUT2D eigenvalue weighted by Crippen LogP contribution is -2.25. The molecular formula is C16H19BrN4O. The van der Waals surface area contributed by atoms with E-state index >= 15 is 0 Å². The van der Waals surface area contributed by atoms with Crippen LogP contribution in [0.4, 0.5) is 11.5 Å². The van der Waals surface area contributed by atoms with Crippen LogP contribution in [0.3, 0.4) is 0 Å². The molecule has 0 atom stereocenters. The van der Waals surface area contributed by atoms with Crippen molar-refractivity contribution in [1.29, 1.82) is 0 Å². The fourth-order valence-electron chi connectivity index (χ4n) is 1.90. The molecule has 1 aromatic carbocycles. The summed E-state index contributed by atoms with van der Waals surface area (Å²) in [6.07, 6.45) is 4.62. The van der Waals surface area contributed by atoms with Gasteiger partial charge < -0.3 is 10.6 Å². The second-order valence-corrected chi connectivity index (χ2v) is 5.80. The minimum atomic E-state index is -0.169. The van der Waals surface area contributed by atoms with Crippen LogP contribution in [-0.4, -0.2) is 22.4 Å². The zero-order valence-electron chi connectivity index (χ0n) is 12.5. The molecule has 0 saturated heterocycles. The second kappa shape index (κ2) is 8.48. The molecule has 0 spiro atoms. The molecule has 0 unspecified atom stereocenters. The number of halogens is 1. The van der Waals surface area contributed by atoms with Crippen LogP contribution in [0.1, 0.15) is 36.7 Å². The molecule has 0 fully saturated rings. The summed E-state index contributed by atoms with van der Waals surface area (Å²) >= 11 is 3.39. The molecule has 2 N–H and O–H groups in total. The summed E-state index contributed by atoms with van der Waals surface area (Å²) in [5.74, 6) is 0.424. The smallest absolute Gasteiger partial charge is 0.270 e. The summed E-state index contributed by atoms with van der Waals surface area (Å²) in [6, 6.07) is 9.38. The summed E-state index contributed by atoms with van der Waals surface area (Å²) in [7, 11) is 0. The minimum Gasteiger partial charge on any atom is -0.351 e. The lowest BCUT2D eigenvalue weighted by molar-refractivity contribution is 0.0948. The van der Waals surface area contributed by atoms with Crippen LogP contribution >= 0.6 is 15.9 Å². The van der Waals surface area contributed by atoms with E-state index in [-0.39, 0.29) is 5.91 Å². The molecule has 22 heavy (non-hydrogen) atoms. The molecule has 5 nitrogen and oxygen atoms in total. The van der Waals surface area contributed by atoms with E-state index in [0.717, 1.165) is 29.4 Å². The van der Waals surface area contributed by atoms with E-state index in [9.17, 15) is 4.79 Å². The van der Waals surface area contributed by atoms with Crippen molar-refractivity contribution in [1.82, 2.24) is 15.3 Å². The van der Waals surface area contributed by atoms with E-state index in [0.29, 0.717) is 18.1 Å². The average Bonchev–Trinajstić information content (AvgIpc) is 2.54. The van der Waals surface area contributed by atoms with Crippen LogP contribution < -0.4 is 10.6 Å². The van der Waals surface area contributed by atoms with Crippen molar-refractivity contribution in [3.8, 4) is 0 Å². The van der Waals surface area contributed by atoms with Crippen molar-refractivity contribution in [2.45, 2.75) is 26.2 Å². The topological polar surface area (TPSA) is 66.9 Å². The Balaban J connectivity index is 1.97. The molecule has 0 radical (unpaired) electrons. The Hall–Kier alpha value is -1.95. The maximum absolute atomic E-state index is 12.0. The SMILES string of the molecule is CCCCCNC(=O)c1cc(Nc2ccc(Br)cc2)ncn1. The van der Waals surface area contributed by atoms with Gasteiger partial charge in [0.25, 0.3) is 5.91 Å². The van der Waals surface area contributed by atoms with Crippen LogP contribution in [0, 0.1) is 0 Å². The first-order valence-electron chi connectivity index (χ1n) is 7.32. The van der Waals surface area contributed by atoms with Crippen LogP contribution in [-0.2, 0) is 0 Å². The van der Waals surface area contributed by atoms with Crippen molar-refractivity contribution in [3.63, 3.8) is 0 Å². The number of unbranched alkanes of at least 4 members (excludes halogenated alkanes) is 2.